The van der Waals surface area contributed by atoms with Crippen LogP contribution < -0.4 is 19.5 Å². The number of hydrogen-bond acceptors (Lipinski definition) is 7. The second-order valence-electron chi connectivity index (χ2n) is 5.37. The first-order chi connectivity index (χ1) is 12.9. The lowest BCUT2D eigenvalue weighted by molar-refractivity contribution is -0.384. The van der Waals surface area contributed by atoms with Crippen molar-refractivity contribution in [3.63, 3.8) is 0 Å². The third kappa shape index (κ3) is 4.64. The van der Waals surface area contributed by atoms with Gasteiger partial charge in [0.05, 0.1) is 36.5 Å². The number of hydrogen-bond donors (Lipinski definition) is 1. The number of anilines is 1. The predicted molar refractivity (Wildman–Crippen MR) is 96.1 cm³/mol. The summed E-state index contributed by atoms with van der Waals surface area (Å²) < 4.78 is 15.9. The number of nitrogens with one attached hydrogen (secondary N) is 1. The van der Waals surface area contributed by atoms with Gasteiger partial charge < -0.3 is 19.5 Å². The monoisotopic (exact) mass is 371 g/mol. The number of nitriles is 1. The Kier molecular flexibility index (Phi) is 6.17. The number of nitrogens with zero attached hydrogens (tertiary/aromatic N) is 2. The summed E-state index contributed by atoms with van der Waals surface area (Å²) in [7, 11) is 2.81. The summed E-state index contributed by atoms with van der Waals surface area (Å²) in [5, 5.41) is 22.4. The Morgan fingerprint density at radius 2 is 1.81 bits per heavy atom. The second-order valence-corrected chi connectivity index (χ2v) is 5.37. The minimum Gasteiger partial charge on any atom is -0.495 e. The van der Waals surface area contributed by atoms with Crippen molar-refractivity contribution in [2.75, 3.05) is 19.5 Å². The van der Waals surface area contributed by atoms with E-state index in [1.165, 1.54) is 57.5 Å². The smallest absolute Gasteiger partial charge is 0.271 e. The summed E-state index contributed by atoms with van der Waals surface area (Å²) in [5.74, 6) is 0.323. The minimum absolute atomic E-state index is 0.152. The molecule has 0 heterocycles. The van der Waals surface area contributed by atoms with E-state index in [4.69, 9.17) is 19.5 Å². The van der Waals surface area contributed by atoms with Gasteiger partial charge in [-0.15, -0.1) is 0 Å². The Balaban J connectivity index is 2.18. The van der Waals surface area contributed by atoms with E-state index in [1.54, 1.807) is 0 Å². The maximum Gasteiger partial charge on any atom is 0.271 e. The van der Waals surface area contributed by atoms with Crippen molar-refractivity contribution < 1.29 is 23.9 Å². The van der Waals surface area contributed by atoms with Gasteiger partial charge in [0.25, 0.3) is 11.6 Å². The molecular formula is C18H17N3O6. The van der Waals surface area contributed by atoms with E-state index in [1.807, 2.05) is 6.07 Å². The molecule has 0 spiro atoms. The van der Waals surface area contributed by atoms with Crippen molar-refractivity contribution in [2.24, 2.45) is 0 Å². The van der Waals surface area contributed by atoms with Gasteiger partial charge in [-0.25, -0.2) is 0 Å². The normalized spacial score (nSPS) is 11.0. The molecule has 0 aliphatic rings. The highest BCUT2D eigenvalue weighted by atomic mass is 16.6. The molecule has 9 heteroatoms. The van der Waals surface area contributed by atoms with Gasteiger partial charge in [-0.1, -0.05) is 0 Å². The quantitative estimate of drug-likeness (QED) is 0.586. The molecule has 140 valence electrons. The second kappa shape index (κ2) is 8.53. The molecule has 1 atom stereocenters. The van der Waals surface area contributed by atoms with Gasteiger partial charge in [0.1, 0.15) is 5.75 Å². The lowest BCUT2D eigenvalue weighted by Crippen LogP contribution is -2.30. The molecule has 2 aromatic rings. The van der Waals surface area contributed by atoms with Crippen LogP contribution in [0.2, 0.25) is 0 Å². The van der Waals surface area contributed by atoms with Gasteiger partial charge in [-0.05, 0) is 25.1 Å². The number of nitro groups is 1. The van der Waals surface area contributed by atoms with Crippen molar-refractivity contribution in [3.8, 4) is 23.3 Å². The Morgan fingerprint density at radius 1 is 1.15 bits per heavy atom. The Morgan fingerprint density at radius 3 is 2.41 bits per heavy atom. The Hall–Kier alpha value is -3.80. The molecule has 0 saturated heterocycles. The Bertz CT molecular complexity index is 906. The van der Waals surface area contributed by atoms with E-state index < -0.39 is 16.9 Å². The standard InChI is InChI=1S/C18H17N3O6/c1-11(27-16-6-4-12(10-19)8-17(16)26-3)18(22)20-14-9-13(21(23)24)5-7-15(14)25-2/h4-9,11H,1-3H3,(H,20,22)/t11-/m1/s1. The van der Waals surface area contributed by atoms with Crippen LogP contribution in [0.4, 0.5) is 11.4 Å². The minimum atomic E-state index is -0.948. The van der Waals surface area contributed by atoms with Crippen molar-refractivity contribution in [2.45, 2.75) is 13.0 Å². The first-order valence-corrected chi connectivity index (χ1v) is 7.77. The highest BCUT2D eigenvalue weighted by Crippen LogP contribution is 2.31. The molecular weight excluding hydrogens is 354 g/mol. The molecule has 27 heavy (non-hydrogen) atoms. The zero-order valence-electron chi connectivity index (χ0n) is 14.9. The number of rotatable bonds is 7. The Labute approximate surface area is 155 Å². The number of carbonyl (C=O) groups excluding carboxylic acids is 1. The van der Waals surface area contributed by atoms with Crippen LogP contribution in [0, 0.1) is 21.4 Å². The van der Waals surface area contributed by atoms with Crippen LogP contribution in [0.5, 0.6) is 17.2 Å². The molecule has 0 fully saturated rings. The zero-order valence-corrected chi connectivity index (χ0v) is 14.9. The maximum absolute atomic E-state index is 12.4. The van der Waals surface area contributed by atoms with Crippen LogP contribution in [0.1, 0.15) is 12.5 Å². The highest BCUT2D eigenvalue weighted by Gasteiger charge is 2.20. The van der Waals surface area contributed by atoms with E-state index in [-0.39, 0.29) is 22.9 Å². The lowest BCUT2D eigenvalue weighted by Gasteiger charge is -2.17. The fourth-order valence-corrected chi connectivity index (χ4v) is 2.22. The van der Waals surface area contributed by atoms with Crippen molar-refractivity contribution in [3.05, 3.63) is 52.1 Å². The van der Waals surface area contributed by atoms with E-state index >= 15 is 0 Å². The third-order valence-corrected chi connectivity index (χ3v) is 3.62. The molecule has 0 bridgehead atoms. The highest BCUT2D eigenvalue weighted by molar-refractivity contribution is 5.95. The van der Waals surface area contributed by atoms with Crippen LogP contribution >= 0.6 is 0 Å². The van der Waals surface area contributed by atoms with Gasteiger partial charge in [0.2, 0.25) is 0 Å². The number of nitro benzene ring substituents is 1. The molecule has 0 aliphatic carbocycles. The summed E-state index contributed by atoms with van der Waals surface area (Å²) >= 11 is 0. The number of methoxy groups -OCH3 is 2. The summed E-state index contributed by atoms with van der Waals surface area (Å²) in [6.07, 6.45) is -0.948. The largest absolute Gasteiger partial charge is 0.495 e. The van der Waals surface area contributed by atoms with Crippen molar-refractivity contribution in [1.29, 1.82) is 5.26 Å². The molecule has 1 N–H and O–H groups in total. The van der Waals surface area contributed by atoms with Crippen molar-refractivity contribution in [1.82, 2.24) is 0 Å². The summed E-state index contributed by atoms with van der Waals surface area (Å²) in [6.45, 7) is 1.51. The van der Waals surface area contributed by atoms with E-state index in [9.17, 15) is 14.9 Å². The summed E-state index contributed by atoms with van der Waals surface area (Å²) in [5.41, 5.74) is 0.352. The summed E-state index contributed by atoms with van der Waals surface area (Å²) in [6, 6.07) is 10.4. The summed E-state index contributed by atoms with van der Waals surface area (Å²) in [4.78, 5) is 22.8. The molecule has 0 aliphatic heterocycles. The van der Waals surface area contributed by atoms with Crippen molar-refractivity contribution >= 4 is 17.3 Å². The maximum atomic E-state index is 12.4. The predicted octanol–water partition coefficient (Wildman–Crippen LogP) is 2.89. The van der Waals surface area contributed by atoms with E-state index in [0.29, 0.717) is 11.3 Å². The van der Waals surface area contributed by atoms with E-state index in [0.717, 1.165) is 0 Å². The molecule has 0 unspecified atom stereocenters. The van der Waals surface area contributed by atoms with Gasteiger partial charge in [0, 0.05) is 18.2 Å². The average molecular weight is 371 g/mol. The fraction of sp³-hybridized carbons (Fsp3) is 0.222. The molecule has 2 aromatic carbocycles. The van der Waals surface area contributed by atoms with Crippen LogP contribution in [0.3, 0.4) is 0 Å². The van der Waals surface area contributed by atoms with Gasteiger partial charge in [-0.2, -0.15) is 5.26 Å². The zero-order chi connectivity index (χ0) is 20.0. The topological polar surface area (TPSA) is 124 Å². The molecule has 9 nitrogen and oxygen atoms in total. The molecule has 1 amide bonds. The first kappa shape index (κ1) is 19.5. The third-order valence-electron chi connectivity index (χ3n) is 3.62. The van der Waals surface area contributed by atoms with E-state index in [2.05, 4.69) is 5.32 Å². The number of ether oxygens (including phenoxy) is 3. The first-order valence-electron chi connectivity index (χ1n) is 7.77. The number of benzene rings is 2. The number of non-ortho nitro benzene ring substituents is 1. The molecule has 0 saturated carbocycles. The van der Waals surface area contributed by atoms with Crippen LogP contribution in [0.25, 0.3) is 0 Å². The molecule has 0 radical (unpaired) electrons. The van der Waals surface area contributed by atoms with Gasteiger partial charge >= 0.3 is 0 Å². The lowest BCUT2D eigenvalue weighted by atomic mass is 10.2. The SMILES string of the molecule is COc1ccc([N+](=O)[O-])cc1NC(=O)[C@@H](C)Oc1ccc(C#N)cc1OC. The van der Waals surface area contributed by atoms with Crippen LogP contribution in [-0.4, -0.2) is 31.2 Å². The number of carbonyl (C=O) groups is 1. The molecule has 0 aromatic heterocycles. The number of amides is 1. The van der Waals surface area contributed by atoms with Gasteiger partial charge in [0.15, 0.2) is 17.6 Å². The average Bonchev–Trinajstić information content (AvgIpc) is 2.67. The van der Waals surface area contributed by atoms with Gasteiger partial charge in [-0.3, -0.25) is 14.9 Å². The van der Waals surface area contributed by atoms with Crippen LogP contribution in [-0.2, 0) is 4.79 Å². The fourth-order valence-electron chi connectivity index (χ4n) is 2.22. The van der Waals surface area contributed by atoms with Crippen LogP contribution in [0.15, 0.2) is 36.4 Å². The molecule has 2 rings (SSSR count).